The molecule has 0 aliphatic rings. The highest BCUT2D eigenvalue weighted by atomic mass is 32.2. The number of rotatable bonds is 8. The van der Waals surface area contributed by atoms with E-state index < -0.39 is 0 Å². The summed E-state index contributed by atoms with van der Waals surface area (Å²) in [5.41, 5.74) is 0. The van der Waals surface area contributed by atoms with Crippen LogP contribution in [0, 0.1) is 0 Å². The molecule has 3 nitrogen and oxygen atoms in total. The third-order valence-corrected chi connectivity index (χ3v) is 1.61. The number of nitrogens with one attached hydrogen (secondary N) is 1. The standard InChI is InChI=1S/C8H19NO2S/c1-8(2)10-6-4-9-5-7-11-12-3/h8-9H,4-7H2,1-3H3. The van der Waals surface area contributed by atoms with Crippen molar-refractivity contribution in [2.24, 2.45) is 0 Å². The first-order valence-electron chi connectivity index (χ1n) is 4.25. The van der Waals surface area contributed by atoms with Gasteiger partial charge in [0.1, 0.15) is 0 Å². The minimum Gasteiger partial charge on any atom is -0.377 e. The summed E-state index contributed by atoms with van der Waals surface area (Å²) in [4.78, 5) is 0. The summed E-state index contributed by atoms with van der Waals surface area (Å²) in [6.07, 6.45) is 2.25. The summed E-state index contributed by atoms with van der Waals surface area (Å²) in [7, 11) is 0. The molecule has 0 amide bonds. The second-order valence-electron chi connectivity index (χ2n) is 2.66. The Morgan fingerprint density at radius 3 is 2.50 bits per heavy atom. The molecule has 4 heteroatoms. The Morgan fingerprint density at radius 1 is 1.25 bits per heavy atom. The minimum atomic E-state index is 0.328. The zero-order valence-corrected chi connectivity index (χ0v) is 8.95. The lowest BCUT2D eigenvalue weighted by Crippen LogP contribution is -2.24. The Kier molecular flexibility index (Phi) is 9.50. The van der Waals surface area contributed by atoms with Gasteiger partial charge in [-0.3, -0.25) is 0 Å². The highest BCUT2D eigenvalue weighted by Crippen LogP contribution is 1.91. The van der Waals surface area contributed by atoms with E-state index in [9.17, 15) is 0 Å². The predicted molar refractivity (Wildman–Crippen MR) is 53.4 cm³/mol. The van der Waals surface area contributed by atoms with Crippen molar-refractivity contribution >= 4 is 12.0 Å². The third kappa shape index (κ3) is 10.2. The summed E-state index contributed by atoms with van der Waals surface area (Å²) in [5.74, 6) is 0. The van der Waals surface area contributed by atoms with Crippen molar-refractivity contribution in [2.75, 3.05) is 32.6 Å². The quantitative estimate of drug-likeness (QED) is 0.465. The Labute approximate surface area is 79.4 Å². The summed E-state index contributed by atoms with van der Waals surface area (Å²) >= 11 is 1.40. The monoisotopic (exact) mass is 193 g/mol. The van der Waals surface area contributed by atoms with Crippen molar-refractivity contribution in [3.8, 4) is 0 Å². The molecule has 0 fully saturated rings. The minimum absolute atomic E-state index is 0.328. The molecule has 12 heavy (non-hydrogen) atoms. The molecule has 0 radical (unpaired) electrons. The van der Waals surface area contributed by atoms with Gasteiger partial charge in [-0.15, -0.1) is 0 Å². The van der Waals surface area contributed by atoms with Gasteiger partial charge in [-0.05, 0) is 25.9 Å². The first kappa shape index (κ1) is 12.2. The van der Waals surface area contributed by atoms with Crippen molar-refractivity contribution in [3.05, 3.63) is 0 Å². The number of ether oxygens (including phenoxy) is 1. The third-order valence-electron chi connectivity index (χ3n) is 1.21. The largest absolute Gasteiger partial charge is 0.377 e. The maximum absolute atomic E-state index is 5.34. The lowest BCUT2D eigenvalue weighted by atomic mass is 10.5. The fourth-order valence-corrected chi connectivity index (χ4v) is 0.939. The van der Waals surface area contributed by atoms with Crippen LogP contribution in [0.15, 0.2) is 0 Å². The molecule has 1 N–H and O–H groups in total. The van der Waals surface area contributed by atoms with Gasteiger partial charge in [0.15, 0.2) is 0 Å². The zero-order valence-electron chi connectivity index (χ0n) is 8.13. The van der Waals surface area contributed by atoms with Crippen LogP contribution in [0.1, 0.15) is 13.8 Å². The van der Waals surface area contributed by atoms with Crippen LogP contribution < -0.4 is 5.32 Å². The first-order chi connectivity index (χ1) is 5.77. The second-order valence-corrected chi connectivity index (χ2v) is 3.23. The van der Waals surface area contributed by atoms with E-state index in [0.29, 0.717) is 6.10 Å². The Bertz CT molecular complexity index is 91.1. The fraction of sp³-hybridized carbons (Fsp3) is 1.00. The van der Waals surface area contributed by atoms with Crippen LogP contribution in [0.4, 0.5) is 0 Å². The van der Waals surface area contributed by atoms with Gasteiger partial charge in [-0.25, -0.2) is 0 Å². The number of hydrogen-bond donors (Lipinski definition) is 1. The van der Waals surface area contributed by atoms with E-state index in [1.54, 1.807) is 0 Å². The lowest BCUT2D eigenvalue weighted by Gasteiger charge is -2.07. The van der Waals surface area contributed by atoms with Gasteiger partial charge in [-0.1, -0.05) is 0 Å². The van der Waals surface area contributed by atoms with E-state index in [-0.39, 0.29) is 0 Å². The van der Waals surface area contributed by atoms with Crippen LogP contribution in [0.3, 0.4) is 0 Å². The average molecular weight is 193 g/mol. The van der Waals surface area contributed by atoms with Crippen molar-refractivity contribution in [3.63, 3.8) is 0 Å². The first-order valence-corrected chi connectivity index (χ1v) is 5.40. The summed E-state index contributed by atoms with van der Waals surface area (Å²) < 4.78 is 10.4. The zero-order chi connectivity index (χ0) is 9.23. The van der Waals surface area contributed by atoms with Crippen LogP contribution in [-0.4, -0.2) is 38.7 Å². The second kappa shape index (κ2) is 9.32. The molecular weight excluding hydrogens is 174 g/mol. The van der Waals surface area contributed by atoms with E-state index in [4.69, 9.17) is 8.92 Å². The molecule has 0 aromatic heterocycles. The van der Waals surface area contributed by atoms with Gasteiger partial charge in [-0.2, -0.15) is 0 Å². The molecular formula is C8H19NO2S. The molecule has 0 aromatic carbocycles. The molecule has 74 valence electrons. The molecule has 0 bridgehead atoms. The topological polar surface area (TPSA) is 30.5 Å². The smallest absolute Gasteiger partial charge is 0.0738 e. The maximum atomic E-state index is 5.34. The molecule has 0 unspecified atom stereocenters. The Balaban J connectivity index is 2.82. The fourth-order valence-electron chi connectivity index (χ4n) is 0.689. The van der Waals surface area contributed by atoms with E-state index in [0.717, 1.165) is 26.3 Å². The molecule has 0 saturated carbocycles. The summed E-state index contributed by atoms with van der Waals surface area (Å²) in [5, 5.41) is 3.21. The molecule has 0 aliphatic heterocycles. The van der Waals surface area contributed by atoms with Gasteiger partial charge in [0, 0.05) is 19.3 Å². The number of hydrogen-bond acceptors (Lipinski definition) is 4. The molecule has 0 spiro atoms. The van der Waals surface area contributed by atoms with Crippen LogP contribution in [0.5, 0.6) is 0 Å². The predicted octanol–water partition coefficient (Wildman–Crippen LogP) is 1.30. The van der Waals surface area contributed by atoms with E-state index >= 15 is 0 Å². The Hall–Kier alpha value is 0.230. The van der Waals surface area contributed by atoms with E-state index in [1.807, 2.05) is 20.1 Å². The molecule has 0 atom stereocenters. The average Bonchev–Trinajstić information content (AvgIpc) is 2.02. The molecule has 0 aromatic rings. The van der Waals surface area contributed by atoms with Crippen molar-refractivity contribution in [1.29, 1.82) is 0 Å². The van der Waals surface area contributed by atoms with Gasteiger partial charge >= 0.3 is 0 Å². The normalized spacial score (nSPS) is 11.0. The van der Waals surface area contributed by atoms with Gasteiger partial charge in [0.25, 0.3) is 0 Å². The van der Waals surface area contributed by atoms with E-state index in [1.165, 1.54) is 12.0 Å². The SMILES string of the molecule is CSOCCNCCOC(C)C. The highest BCUT2D eigenvalue weighted by Gasteiger charge is 1.91. The molecule has 0 heterocycles. The lowest BCUT2D eigenvalue weighted by molar-refractivity contribution is 0.0805. The maximum Gasteiger partial charge on any atom is 0.0738 e. The van der Waals surface area contributed by atoms with Crippen LogP contribution in [0.2, 0.25) is 0 Å². The van der Waals surface area contributed by atoms with Crippen LogP contribution in [-0.2, 0) is 8.92 Å². The molecule has 0 saturated heterocycles. The molecule has 0 rings (SSSR count). The van der Waals surface area contributed by atoms with Crippen molar-refractivity contribution in [1.82, 2.24) is 5.32 Å². The Morgan fingerprint density at radius 2 is 1.92 bits per heavy atom. The van der Waals surface area contributed by atoms with Crippen molar-refractivity contribution in [2.45, 2.75) is 20.0 Å². The van der Waals surface area contributed by atoms with E-state index in [2.05, 4.69) is 5.32 Å². The highest BCUT2D eigenvalue weighted by molar-refractivity contribution is 7.93. The van der Waals surface area contributed by atoms with Crippen LogP contribution in [0.25, 0.3) is 0 Å². The van der Waals surface area contributed by atoms with Crippen LogP contribution >= 0.6 is 12.0 Å². The van der Waals surface area contributed by atoms with Gasteiger partial charge in [0.05, 0.1) is 19.3 Å². The summed E-state index contributed by atoms with van der Waals surface area (Å²) in [6, 6.07) is 0. The van der Waals surface area contributed by atoms with Gasteiger partial charge < -0.3 is 14.2 Å². The van der Waals surface area contributed by atoms with Crippen molar-refractivity contribution < 1.29 is 8.92 Å². The molecule has 0 aliphatic carbocycles. The van der Waals surface area contributed by atoms with Gasteiger partial charge in [0.2, 0.25) is 0 Å². The summed E-state index contributed by atoms with van der Waals surface area (Å²) in [6.45, 7) is 7.39.